The number of fused-ring (bicyclic) bond motifs is 1. The Morgan fingerprint density at radius 1 is 1.33 bits per heavy atom. The molecule has 0 unspecified atom stereocenters. The number of aromatic carboxylic acids is 1. The minimum Gasteiger partial charge on any atom is -0.478 e. The number of benzene rings is 1. The molecule has 0 radical (unpaired) electrons. The Balaban J connectivity index is 2.57. The highest BCUT2D eigenvalue weighted by Crippen LogP contribution is 2.28. The number of hydrogen-bond donors (Lipinski definition) is 3. The maximum atomic E-state index is 11.2. The van der Waals surface area contributed by atoms with Crippen molar-refractivity contribution < 1.29 is 15.0 Å². The molecule has 0 aliphatic rings. The van der Waals surface area contributed by atoms with Crippen molar-refractivity contribution in [2.45, 2.75) is 32.7 Å². The van der Waals surface area contributed by atoms with Crippen LogP contribution in [0.4, 0.5) is 0 Å². The molecule has 21 heavy (non-hydrogen) atoms. The Morgan fingerprint density at radius 3 is 2.71 bits per heavy atom. The summed E-state index contributed by atoms with van der Waals surface area (Å²) < 4.78 is 2.16. The van der Waals surface area contributed by atoms with Crippen LogP contribution in [0.5, 0.6) is 0 Å². The molecule has 0 fully saturated rings. The van der Waals surface area contributed by atoms with Gasteiger partial charge in [-0.15, -0.1) is 0 Å². The molecule has 4 N–H and O–H groups in total. The normalized spacial score (nSPS) is 11.2. The highest BCUT2D eigenvalue weighted by Gasteiger charge is 2.15. The second-order valence-corrected chi connectivity index (χ2v) is 5.22. The molecule has 1 aromatic carbocycles. The highest BCUT2D eigenvalue weighted by atomic mass is 16.4. The quantitative estimate of drug-likeness (QED) is 0.727. The number of carboxylic acid groups (broad SMARTS) is 1. The Morgan fingerprint density at radius 2 is 2.10 bits per heavy atom. The first kappa shape index (κ1) is 15.5. The second-order valence-electron chi connectivity index (χ2n) is 5.22. The van der Waals surface area contributed by atoms with E-state index in [4.69, 9.17) is 15.9 Å². The number of nitrogens with two attached hydrogens (primary N) is 1. The van der Waals surface area contributed by atoms with Gasteiger partial charge in [-0.2, -0.15) is 0 Å². The zero-order valence-electron chi connectivity index (χ0n) is 12.3. The molecule has 0 saturated carbocycles. The Bertz CT molecular complexity index is 646. The van der Waals surface area contributed by atoms with Crippen LogP contribution >= 0.6 is 0 Å². The lowest BCUT2D eigenvalue weighted by Gasteiger charge is -2.07. The third-order valence-electron chi connectivity index (χ3n) is 3.87. The molecule has 2 aromatic rings. The monoisotopic (exact) mass is 290 g/mol. The fourth-order valence-electron chi connectivity index (χ4n) is 2.80. The number of aliphatic hydroxyl groups excluding tert-OH is 1. The van der Waals surface area contributed by atoms with Crippen LogP contribution in [0.25, 0.3) is 10.9 Å². The fraction of sp³-hybridized carbons (Fsp3) is 0.438. The third kappa shape index (κ3) is 3.09. The molecular formula is C16H22N2O3. The van der Waals surface area contributed by atoms with Crippen LogP contribution in [0.15, 0.2) is 18.2 Å². The van der Waals surface area contributed by atoms with Crippen LogP contribution in [0.1, 0.15) is 34.5 Å². The summed E-state index contributed by atoms with van der Waals surface area (Å²) in [6, 6.07) is 5.23. The van der Waals surface area contributed by atoms with E-state index >= 15 is 0 Å². The van der Waals surface area contributed by atoms with Crippen LogP contribution in [-0.2, 0) is 13.0 Å². The average Bonchev–Trinajstić information content (AvgIpc) is 2.74. The van der Waals surface area contributed by atoms with E-state index in [0.717, 1.165) is 41.5 Å². The summed E-state index contributed by atoms with van der Waals surface area (Å²) in [7, 11) is 0. The molecule has 5 nitrogen and oxygen atoms in total. The Kier molecular flexibility index (Phi) is 4.98. The molecule has 1 aromatic heterocycles. The maximum absolute atomic E-state index is 11.2. The number of aryl methyl sites for hydroxylation is 2. The second kappa shape index (κ2) is 6.74. The molecule has 1 heterocycles. The number of aliphatic hydroxyl groups is 1. The van der Waals surface area contributed by atoms with Gasteiger partial charge in [0.2, 0.25) is 0 Å². The van der Waals surface area contributed by atoms with Gasteiger partial charge < -0.3 is 20.5 Å². The van der Waals surface area contributed by atoms with Crippen molar-refractivity contribution in [1.82, 2.24) is 4.57 Å². The molecule has 0 saturated heterocycles. The van der Waals surface area contributed by atoms with Gasteiger partial charge >= 0.3 is 5.97 Å². The molecule has 0 atom stereocenters. The number of carbonyl (C=O) groups is 1. The van der Waals surface area contributed by atoms with Gasteiger partial charge in [-0.3, -0.25) is 0 Å². The van der Waals surface area contributed by atoms with Crippen molar-refractivity contribution in [3.63, 3.8) is 0 Å². The van der Waals surface area contributed by atoms with Gasteiger partial charge in [0.05, 0.1) is 5.56 Å². The lowest BCUT2D eigenvalue weighted by Crippen LogP contribution is -2.04. The zero-order valence-corrected chi connectivity index (χ0v) is 12.3. The van der Waals surface area contributed by atoms with E-state index in [1.807, 2.05) is 13.0 Å². The summed E-state index contributed by atoms with van der Waals surface area (Å²) in [6.45, 7) is 3.53. The minimum absolute atomic E-state index is 0.143. The molecular weight excluding hydrogens is 268 g/mol. The van der Waals surface area contributed by atoms with Crippen molar-refractivity contribution in [2.24, 2.45) is 5.73 Å². The topological polar surface area (TPSA) is 88.5 Å². The average molecular weight is 290 g/mol. The third-order valence-corrected chi connectivity index (χ3v) is 3.87. The van der Waals surface area contributed by atoms with E-state index in [1.54, 1.807) is 12.1 Å². The zero-order chi connectivity index (χ0) is 15.4. The summed E-state index contributed by atoms with van der Waals surface area (Å²) >= 11 is 0. The largest absolute Gasteiger partial charge is 0.478 e. The van der Waals surface area contributed by atoms with Gasteiger partial charge in [-0.05, 0) is 56.5 Å². The summed E-state index contributed by atoms with van der Waals surface area (Å²) in [6.07, 6.45) is 2.40. The predicted molar refractivity (Wildman–Crippen MR) is 82.7 cm³/mol. The predicted octanol–water partition coefficient (Wildman–Crippen LogP) is 1.92. The molecule has 0 spiro atoms. The highest BCUT2D eigenvalue weighted by molar-refractivity contribution is 5.95. The van der Waals surface area contributed by atoms with Crippen LogP contribution in [0, 0.1) is 6.92 Å². The smallest absolute Gasteiger partial charge is 0.335 e. The maximum Gasteiger partial charge on any atom is 0.335 e. The van der Waals surface area contributed by atoms with E-state index in [-0.39, 0.29) is 6.61 Å². The summed E-state index contributed by atoms with van der Waals surface area (Å²) in [5, 5.41) is 19.2. The number of carboxylic acids is 1. The van der Waals surface area contributed by atoms with Crippen LogP contribution < -0.4 is 5.73 Å². The summed E-state index contributed by atoms with van der Waals surface area (Å²) in [4.78, 5) is 11.2. The molecule has 0 bridgehead atoms. The van der Waals surface area contributed by atoms with Crippen molar-refractivity contribution in [3.8, 4) is 0 Å². The number of rotatable bonds is 7. The summed E-state index contributed by atoms with van der Waals surface area (Å²) in [5.41, 5.74) is 9.23. The molecule has 5 heteroatoms. The lowest BCUT2D eigenvalue weighted by atomic mass is 10.0. The van der Waals surface area contributed by atoms with E-state index in [9.17, 15) is 4.79 Å². The van der Waals surface area contributed by atoms with Gasteiger partial charge in [-0.25, -0.2) is 4.79 Å². The van der Waals surface area contributed by atoms with Crippen molar-refractivity contribution in [3.05, 3.63) is 35.0 Å². The van der Waals surface area contributed by atoms with E-state index < -0.39 is 5.97 Å². The minimum atomic E-state index is -0.914. The van der Waals surface area contributed by atoms with E-state index in [0.29, 0.717) is 18.5 Å². The van der Waals surface area contributed by atoms with E-state index in [2.05, 4.69) is 4.57 Å². The number of aromatic nitrogens is 1. The van der Waals surface area contributed by atoms with Gasteiger partial charge in [0.1, 0.15) is 0 Å². The van der Waals surface area contributed by atoms with Gasteiger partial charge in [0.15, 0.2) is 0 Å². The van der Waals surface area contributed by atoms with Crippen LogP contribution in [0.3, 0.4) is 0 Å². The Hall–Kier alpha value is -1.85. The molecule has 2 rings (SSSR count). The molecule has 0 aliphatic heterocycles. The first-order valence-corrected chi connectivity index (χ1v) is 7.26. The first-order chi connectivity index (χ1) is 10.1. The molecule has 114 valence electrons. The van der Waals surface area contributed by atoms with Gasteiger partial charge in [0, 0.05) is 29.7 Å². The Labute approximate surface area is 124 Å². The molecule has 0 aliphatic carbocycles. The SMILES string of the molecule is Cc1c(CCCN)c2cc(C(=O)O)ccc2n1CCCO. The summed E-state index contributed by atoms with van der Waals surface area (Å²) in [5.74, 6) is -0.914. The van der Waals surface area contributed by atoms with Crippen LogP contribution in [-0.4, -0.2) is 33.9 Å². The van der Waals surface area contributed by atoms with Crippen molar-refractivity contribution in [2.75, 3.05) is 13.2 Å². The van der Waals surface area contributed by atoms with Crippen molar-refractivity contribution >= 4 is 16.9 Å². The van der Waals surface area contributed by atoms with E-state index in [1.165, 1.54) is 0 Å². The van der Waals surface area contributed by atoms with Gasteiger partial charge in [0.25, 0.3) is 0 Å². The number of hydrogen-bond acceptors (Lipinski definition) is 3. The molecule has 0 amide bonds. The standard InChI is InChI=1S/C16H22N2O3/c1-11-13(4-2-7-17)14-10-12(16(20)21)5-6-15(14)18(11)8-3-9-19/h5-6,10,19H,2-4,7-9,17H2,1H3,(H,20,21). The van der Waals surface area contributed by atoms with Crippen molar-refractivity contribution in [1.29, 1.82) is 0 Å². The van der Waals surface area contributed by atoms with Crippen LogP contribution in [0.2, 0.25) is 0 Å². The fourth-order valence-corrected chi connectivity index (χ4v) is 2.80. The first-order valence-electron chi connectivity index (χ1n) is 7.26. The number of nitrogens with zero attached hydrogens (tertiary/aromatic N) is 1. The lowest BCUT2D eigenvalue weighted by molar-refractivity contribution is 0.0697. The van der Waals surface area contributed by atoms with Gasteiger partial charge in [-0.1, -0.05) is 0 Å².